The number of nitriles is 1. The lowest BCUT2D eigenvalue weighted by atomic mass is 9.83. The predicted octanol–water partition coefficient (Wildman–Crippen LogP) is 4.59. The summed E-state index contributed by atoms with van der Waals surface area (Å²) in [6.07, 6.45) is 0. The van der Waals surface area contributed by atoms with Crippen molar-refractivity contribution >= 4 is 21.9 Å². The first-order chi connectivity index (χ1) is 11.0. The molecule has 0 aromatic heterocycles. The van der Waals surface area contributed by atoms with Crippen LogP contribution in [0.5, 0.6) is 11.5 Å². The molecule has 0 fully saturated rings. The topological polar surface area (TPSA) is 59.3 Å². The van der Waals surface area contributed by atoms with E-state index in [0.717, 1.165) is 4.47 Å². The fourth-order valence-electron chi connectivity index (χ4n) is 2.09. The predicted molar refractivity (Wildman–Crippen MR) is 90.3 cm³/mol. The molecule has 2 rings (SSSR count). The third-order valence-electron chi connectivity index (χ3n) is 3.37. The molecule has 0 spiro atoms. The lowest BCUT2D eigenvalue weighted by molar-refractivity contribution is -0.147. The molecule has 23 heavy (non-hydrogen) atoms. The molecule has 0 N–H and O–H groups in total. The number of halogens is 1. The van der Waals surface area contributed by atoms with Crippen molar-refractivity contribution in [1.29, 1.82) is 5.26 Å². The van der Waals surface area contributed by atoms with Gasteiger partial charge in [0, 0.05) is 10.0 Å². The van der Waals surface area contributed by atoms with E-state index >= 15 is 0 Å². The Balaban J connectivity index is 2.42. The first-order valence-electron chi connectivity index (χ1n) is 7.12. The number of nitrogens with zero attached hydrogens (tertiary/aromatic N) is 1. The standard InChI is InChI=1S/C18H16BrNO3/c1-3-22-17(21)18(2,12-20)15-6-4-5-7-16(15)23-14-10-8-13(19)9-11-14/h4-11H,3H2,1-2H3. The minimum Gasteiger partial charge on any atom is -0.465 e. The highest BCUT2D eigenvalue weighted by Gasteiger charge is 2.39. The Morgan fingerprint density at radius 3 is 2.48 bits per heavy atom. The Bertz CT molecular complexity index is 737. The van der Waals surface area contributed by atoms with E-state index in [4.69, 9.17) is 9.47 Å². The summed E-state index contributed by atoms with van der Waals surface area (Å²) in [6, 6.07) is 16.3. The Hall–Kier alpha value is -2.32. The summed E-state index contributed by atoms with van der Waals surface area (Å²) in [5.41, 5.74) is -0.953. The lowest BCUT2D eigenvalue weighted by Gasteiger charge is -2.22. The normalized spacial score (nSPS) is 12.8. The second kappa shape index (κ2) is 7.30. The van der Waals surface area contributed by atoms with Crippen molar-refractivity contribution < 1.29 is 14.3 Å². The molecule has 4 nitrogen and oxygen atoms in total. The summed E-state index contributed by atoms with van der Waals surface area (Å²) >= 11 is 3.36. The van der Waals surface area contributed by atoms with Crippen LogP contribution in [0.15, 0.2) is 53.0 Å². The maximum Gasteiger partial charge on any atom is 0.330 e. The Morgan fingerprint density at radius 2 is 1.87 bits per heavy atom. The number of benzene rings is 2. The largest absolute Gasteiger partial charge is 0.465 e. The van der Waals surface area contributed by atoms with Gasteiger partial charge in [-0.1, -0.05) is 34.1 Å². The number of rotatable bonds is 5. The molecule has 0 aliphatic carbocycles. The molecule has 118 valence electrons. The fourth-order valence-corrected chi connectivity index (χ4v) is 2.35. The highest BCUT2D eigenvalue weighted by atomic mass is 79.9. The number of carbonyl (C=O) groups excluding carboxylic acids is 1. The number of para-hydroxylation sites is 1. The molecule has 0 aliphatic heterocycles. The van der Waals surface area contributed by atoms with Crippen LogP contribution in [0.2, 0.25) is 0 Å². The van der Waals surface area contributed by atoms with Crippen LogP contribution in [0.25, 0.3) is 0 Å². The fraction of sp³-hybridized carbons (Fsp3) is 0.222. The molecule has 5 heteroatoms. The lowest BCUT2D eigenvalue weighted by Crippen LogP contribution is -2.33. The third kappa shape index (κ3) is 3.72. The summed E-state index contributed by atoms with van der Waals surface area (Å²) < 4.78 is 11.8. The Kier molecular flexibility index (Phi) is 5.41. The van der Waals surface area contributed by atoms with Crippen LogP contribution in [0.4, 0.5) is 0 Å². The first kappa shape index (κ1) is 17.0. The zero-order valence-corrected chi connectivity index (χ0v) is 14.5. The van der Waals surface area contributed by atoms with E-state index in [1.165, 1.54) is 6.92 Å². The minimum absolute atomic E-state index is 0.214. The zero-order valence-electron chi connectivity index (χ0n) is 12.9. The molecular formula is C18H16BrNO3. The smallest absolute Gasteiger partial charge is 0.330 e. The van der Waals surface area contributed by atoms with Crippen molar-refractivity contribution in [2.24, 2.45) is 0 Å². The summed E-state index contributed by atoms with van der Waals surface area (Å²) in [7, 11) is 0. The van der Waals surface area contributed by atoms with Crippen molar-refractivity contribution in [3.63, 3.8) is 0 Å². The Labute approximate surface area is 143 Å². The number of esters is 1. The molecular weight excluding hydrogens is 358 g/mol. The van der Waals surface area contributed by atoms with Gasteiger partial charge in [0.1, 0.15) is 11.5 Å². The van der Waals surface area contributed by atoms with Crippen molar-refractivity contribution in [3.8, 4) is 17.6 Å². The molecule has 0 saturated carbocycles. The summed E-state index contributed by atoms with van der Waals surface area (Å²) in [5.74, 6) is 0.478. The number of hydrogen-bond acceptors (Lipinski definition) is 4. The first-order valence-corrected chi connectivity index (χ1v) is 7.92. The maximum atomic E-state index is 12.2. The molecule has 2 aromatic carbocycles. The molecule has 2 aromatic rings. The molecule has 0 saturated heterocycles. The second-order valence-electron chi connectivity index (χ2n) is 5.01. The highest BCUT2D eigenvalue weighted by Crippen LogP contribution is 2.35. The molecule has 1 unspecified atom stereocenters. The van der Waals surface area contributed by atoms with Crippen LogP contribution in [-0.4, -0.2) is 12.6 Å². The Morgan fingerprint density at radius 1 is 1.22 bits per heavy atom. The quantitative estimate of drug-likeness (QED) is 0.719. The minimum atomic E-state index is -1.43. The van der Waals surface area contributed by atoms with E-state index in [1.807, 2.05) is 12.1 Å². The van der Waals surface area contributed by atoms with E-state index in [0.29, 0.717) is 17.1 Å². The SMILES string of the molecule is CCOC(=O)C(C)(C#N)c1ccccc1Oc1ccc(Br)cc1. The van der Waals surface area contributed by atoms with Crippen LogP contribution in [0.3, 0.4) is 0 Å². The van der Waals surface area contributed by atoms with Crippen molar-refractivity contribution in [3.05, 3.63) is 58.6 Å². The van der Waals surface area contributed by atoms with Crippen LogP contribution >= 0.6 is 15.9 Å². The van der Waals surface area contributed by atoms with Gasteiger partial charge in [0.15, 0.2) is 5.41 Å². The molecule has 0 heterocycles. The van der Waals surface area contributed by atoms with Gasteiger partial charge >= 0.3 is 5.97 Å². The van der Waals surface area contributed by atoms with Gasteiger partial charge in [0.2, 0.25) is 0 Å². The van der Waals surface area contributed by atoms with Gasteiger partial charge in [-0.2, -0.15) is 5.26 Å². The van der Waals surface area contributed by atoms with Gasteiger partial charge in [0.25, 0.3) is 0 Å². The van der Waals surface area contributed by atoms with Gasteiger partial charge in [-0.3, -0.25) is 0 Å². The van der Waals surface area contributed by atoms with E-state index in [-0.39, 0.29) is 6.61 Å². The van der Waals surface area contributed by atoms with Crippen LogP contribution in [0.1, 0.15) is 19.4 Å². The molecule has 0 amide bonds. The zero-order chi connectivity index (χ0) is 16.9. The van der Waals surface area contributed by atoms with Crippen molar-refractivity contribution in [1.82, 2.24) is 0 Å². The van der Waals surface area contributed by atoms with E-state index < -0.39 is 11.4 Å². The maximum absolute atomic E-state index is 12.2. The third-order valence-corrected chi connectivity index (χ3v) is 3.90. The van der Waals surface area contributed by atoms with Gasteiger partial charge in [-0.25, -0.2) is 4.79 Å². The van der Waals surface area contributed by atoms with Crippen molar-refractivity contribution in [2.75, 3.05) is 6.61 Å². The summed E-state index contributed by atoms with van der Waals surface area (Å²) in [6.45, 7) is 3.46. The monoisotopic (exact) mass is 373 g/mol. The average Bonchev–Trinajstić information content (AvgIpc) is 2.57. The van der Waals surface area contributed by atoms with E-state index in [2.05, 4.69) is 22.0 Å². The van der Waals surface area contributed by atoms with Crippen LogP contribution < -0.4 is 4.74 Å². The van der Waals surface area contributed by atoms with Crippen LogP contribution in [0, 0.1) is 11.3 Å². The van der Waals surface area contributed by atoms with Crippen LogP contribution in [-0.2, 0) is 14.9 Å². The number of carbonyl (C=O) groups is 1. The molecule has 1 atom stereocenters. The summed E-state index contributed by atoms with van der Waals surface area (Å²) in [5, 5.41) is 9.55. The number of ether oxygens (including phenoxy) is 2. The van der Waals surface area contributed by atoms with Gasteiger partial charge < -0.3 is 9.47 Å². The molecule has 0 radical (unpaired) electrons. The van der Waals surface area contributed by atoms with E-state index in [9.17, 15) is 10.1 Å². The van der Waals surface area contributed by atoms with Gasteiger partial charge in [0.05, 0.1) is 12.7 Å². The number of hydrogen-bond donors (Lipinski definition) is 0. The molecule has 0 aliphatic rings. The van der Waals surface area contributed by atoms with Gasteiger partial charge in [-0.05, 0) is 44.2 Å². The average molecular weight is 374 g/mol. The van der Waals surface area contributed by atoms with Gasteiger partial charge in [-0.15, -0.1) is 0 Å². The second-order valence-corrected chi connectivity index (χ2v) is 5.93. The highest BCUT2D eigenvalue weighted by molar-refractivity contribution is 9.10. The van der Waals surface area contributed by atoms with E-state index in [1.54, 1.807) is 43.3 Å². The molecule has 0 bridgehead atoms. The summed E-state index contributed by atoms with van der Waals surface area (Å²) in [4.78, 5) is 12.2. The van der Waals surface area contributed by atoms with Crippen molar-refractivity contribution in [2.45, 2.75) is 19.3 Å².